The maximum absolute atomic E-state index is 12.3. The topological polar surface area (TPSA) is 83.7 Å². The van der Waals surface area contributed by atoms with E-state index in [1.165, 1.54) is 11.3 Å². The van der Waals surface area contributed by atoms with Crippen LogP contribution in [0.4, 0.5) is 0 Å². The molecule has 2 aromatic rings. The normalized spacial score (nSPS) is 15.6. The van der Waals surface area contributed by atoms with Crippen LogP contribution in [0.3, 0.4) is 0 Å². The van der Waals surface area contributed by atoms with Crippen LogP contribution in [0, 0.1) is 0 Å². The lowest BCUT2D eigenvalue weighted by atomic mass is 10.2. The number of nitrogens with zero attached hydrogens (tertiary/aromatic N) is 6. The highest BCUT2D eigenvalue weighted by Gasteiger charge is 2.21. The van der Waals surface area contributed by atoms with Gasteiger partial charge in [-0.15, -0.1) is 10.2 Å². The standard InChI is InChI=1S/C14H20N6O2S/c1-10(2)13-15-16-14-20(13)17-11(23-14)3-4-12(22)19-7-5-18(9-21)6-8-19/h9-10H,3-8H2,1-2H3. The molecule has 1 fully saturated rings. The Kier molecular flexibility index (Phi) is 4.56. The summed E-state index contributed by atoms with van der Waals surface area (Å²) in [4.78, 5) is 27.2. The molecule has 1 saturated heterocycles. The van der Waals surface area contributed by atoms with Gasteiger partial charge in [-0.05, 0) is 0 Å². The fraction of sp³-hybridized carbons (Fsp3) is 0.643. The number of rotatable bonds is 5. The number of fused-ring (bicyclic) bond motifs is 1. The number of piperazine rings is 1. The van der Waals surface area contributed by atoms with E-state index in [0.29, 0.717) is 39.0 Å². The molecule has 23 heavy (non-hydrogen) atoms. The molecule has 0 spiro atoms. The van der Waals surface area contributed by atoms with E-state index in [9.17, 15) is 9.59 Å². The maximum atomic E-state index is 12.3. The summed E-state index contributed by atoms with van der Waals surface area (Å²) in [5, 5.41) is 13.7. The third-order valence-corrected chi connectivity index (χ3v) is 4.90. The molecule has 0 unspecified atom stereocenters. The molecule has 2 amide bonds. The van der Waals surface area contributed by atoms with Crippen molar-refractivity contribution >= 4 is 28.6 Å². The van der Waals surface area contributed by atoms with Gasteiger partial charge in [-0.25, -0.2) is 0 Å². The summed E-state index contributed by atoms with van der Waals surface area (Å²) in [5.74, 6) is 1.22. The van der Waals surface area contributed by atoms with Gasteiger partial charge in [0, 0.05) is 44.9 Å². The van der Waals surface area contributed by atoms with Gasteiger partial charge in [-0.2, -0.15) is 9.61 Å². The smallest absolute Gasteiger partial charge is 0.234 e. The molecule has 0 radical (unpaired) electrons. The SMILES string of the molecule is CC(C)c1nnc2sc(CCC(=O)N3CCN(C=O)CC3)nn12. The number of aryl methyl sites for hydroxylation is 1. The first kappa shape index (κ1) is 15.9. The molecular formula is C14H20N6O2S. The zero-order valence-corrected chi connectivity index (χ0v) is 14.1. The van der Waals surface area contributed by atoms with Crippen molar-refractivity contribution in [2.45, 2.75) is 32.6 Å². The Bertz CT molecular complexity index is 701. The predicted octanol–water partition coefficient (Wildman–Crippen LogP) is 0.542. The Hall–Kier alpha value is -2.03. The van der Waals surface area contributed by atoms with Gasteiger partial charge in [-0.3, -0.25) is 9.59 Å². The second kappa shape index (κ2) is 6.61. The number of aromatic nitrogens is 4. The molecule has 9 heteroatoms. The number of carbonyl (C=O) groups excluding carboxylic acids is 2. The maximum Gasteiger partial charge on any atom is 0.234 e. The van der Waals surface area contributed by atoms with Gasteiger partial charge in [0.25, 0.3) is 0 Å². The molecule has 8 nitrogen and oxygen atoms in total. The van der Waals surface area contributed by atoms with Crippen molar-refractivity contribution < 1.29 is 9.59 Å². The summed E-state index contributed by atoms with van der Waals surface area (Å²) < 4.78 is 1.78. The number of carbonyl (C=O) groups is 2. The van der Waals surface area contributed by atoms with Gasteiger partial charge in [0.05, 0.1) is 0 Å². The molecule has 124 valence electrons. The summed E-state index contributed by atoms with van der Waals surface area (Å²) in [6.45, 7) is 6.56. The lowest BCUT2D eigenvalue weighted by molar-refractivity contribution is -0.135. The van der Waals surface area contributed by atoms with Gasteiger partial charge in [0.1, 0.15) is 5.01 Å². The van der Waals surface area contributed by atoms with Gasteiger partial charge in [0.2, 0.25) is 17.3 Å². The molecule has 2 aromatic heterocycles. The van der Waals surface area contributed by atoms with Crippen LogP contribution >= 0.6 is 11.3 Å². The third kappa shape index (κ3) is 3.34. The Balaban J connectivity index is 1.58. The van der Waals surface area contributed by atoms with E-state index in [1.807, 2.05) is 4.90 Å². The minimum absolute atomic E-state index is 0.116. The van der Waals surface area contributed by atoms with Crippen LogP contribution in [0.2, 0.25) is 0 Å². The lowest BCUT2D eigenvalue weighted by Gasteiger charge is -2.32. The summed E-state index contributed by atoms with van der Waals surface area (Å²) in [5.41, 5.74) is 0. The highest BCUT2D eigenvalue weighted by Crippen LogP contribution is 2.19. The molecule has 0 aromatic carbocycles. The lowest BCUT2D eigenvalue weighted by Crippen LogP contribution is -2.48. The van der Waals surface area contributed by atoms with Crippen molar-refractivity contribution in [1.82, 2.24) is 29.6 Å². The van der Waals surface area contributed by atoms with E-state index in [0.717, 1.165) is 22.2 Å². The molecule has 0 bridgehead atoms. The Morgan fingerprint density at radius 1 is 1.26 bits per heavy atom. The second-order valence-corrected chi connectivity index (χ2v) is 6.97. The van der Waals surface area contributed by atoms with Gasteiger partial charge < -0.3 is 9.80 Å². The Morgan fingerprint density at radius 2 is 2.00 bits per heavy atom. The van der Waals surface area contributed by atoms with Crippen LogP contribution < -0.4 is 0 Å². The van der Waals surface area contributed by atoms with E-state index in [1.54, 1.807) is 9.42 Å². The van der Waals surface area contributed by atoms with Crippen molar-refractivity contribution in [3.05, 3.63) is 10.8 Å². The molecule has 0 saturated carbocycles. The van der Waals surface area contributed by atoms with Crippen LogP contribution in [0.5, 0.6) is 0 Å². The second-order valence-electron chi connectivity index (χ2n) is 5.93. The van der Waals surface area contributed by atoms with E-state index < -0.39 is 0 Å². The minimum Gasteiger partial charge on any atom is -0.342 e. The molecule has 1 aliphatic rings. The molecule has 0 N–H and O–H groups in total. The largest absolute Gasteiger partial charge is 0.342 e. The van der Waals surface area contributed by atoms with Crippen molar-refractivity contribution in [1.29, 1.82) is 0 Å². The van der Waals surface area contributed by atoms with Crippen molar-refractivity contribution in [2.75, 3.05) is 26.2 Å². The van der Waals surface area contributed by atoms with Crippen LogP contribution in [0.1, 0.15) is 37.0 Å². The van der Waals surface area contributed by atoms with E-state index in [4.69, 9.17) is 0 Å². The average Bonchev–Trinajstić information content (AvgIpc) is 3.12. The monoisotopic (exact) mass is 336 g/mol. The summed E-state index contributed by atoms with van der Waals surface area (Å²) >= 11 is 1.48. The number of amides is 2. The van der Waals surface area contributed by atoms with Gasteiger partial charge in [-0.1, -0.05) is 25.2 Å². The zero-order valence-electron chi connectivity index (χ0n) is 13.3. The summed E-state index contributed by atoms with van der Waals surface area (Å²) in [6.07, 6.45) is 1.88. The quantitative estimate of drug-likeness (QED) is 0.744. The Labute approximate surface area is 138 Å². The number of hydrogen-bond donors (Lipinski definition) is 0. The van der Waals surface area contributed by atoms with E-state index in [2.05, 4.69) is 29.1 Å². The summed E-state index contributed by atoms with van der Waals surface area (Å²) in [6, 6.07) is 0. The van der Waals surface area contributed by atoms with Crippen LogP contribution in [-0.4, -0.2) is 68.1 Å². The van der Waals surface area contributed by atoms with Crippen LogP contribution in [-0.2, 0) is 16.0 Å². The highest BCUT2D eigenvalue weighted by molar-refractivity contribution is 7.16. The van der Waals surface area contributed by atoms with Gasteiger partial charge >= 0.3 is 0 Å². The van der Waals surface area contributed by atoms with Gasteiger partial charge in [0.15, 0.2) is 5.82 Å². The molecule has 0 aliphatic carbocycles. The highest BCUT2D eigenvalue weighted by atomic mass is 32.1. The molecule has 1 aliphatic heterocycles. The summed E-state index contributed by atoms with van der Waals surface area (Å²) in [7, 11) is 0. The zero-order chi connectivity index (χ0) is 16.4. The average molecular weight is 336 g/mol. The van der Waals surface area contributed by atoms with Crippen molar-refractivity contribution in [2.24, 2.45) is 0 Å². The first-order chi connectivity index (χ1) is 11.1. The fourth-order valence-electron chi connectivity index (χ4n) is 2.58. The number of hydrogen-bond acceptors (Lipinski definition) is 6. The molecule has 0 atom stereocenters. The van der Waals surface area contributed by atoms with Crippen LogP contribution in [0.15, 0.2) is 0 Å². The van der Waals surface area contributed by atoms with E-state index in [-0.39, 0.29) is 11.8 Å². The third-order valence-electron chi connectivity index (χ3n) is 3.94. The van der Waals surface area contributed by atoms with Crippen molar-refractivity contribution in [3.8, 4) is 0 Å². The molecular weight excluding hydrogens is 316 g/mol. The molecule has 3 heterocycles. The Morgan fingerprint density at radius 3 is 2.65 bits per heavy atom. The fourth-order valence-corrected chi connectivity index (χ4v) is 3.42. The van der Waals surface area contributed by atoms with Crippen LogP contribution in [0.25, 0.3) is 4.96 Å². The van der Waals surface area contributed by atoms with Crippen molar-refractivity contribution in [3.63, 3.8) is 0 Å². The predicted molar refractivity (Wildman–Crippen MR) is 85.3 cm³/mol. The first-order valence-corrected chi connectivity index (χ1v) is 8.58. The first-order valence-electron chi connectivity index (χ1n) is 7.76. The van der Waals surface area contributed by atoms with E-state index >= 15 is 0 Å². The molecule has 3 rings (SSSR count). The minimum atomic E-state index is 0.116.